The van der Waals surface area contributed by atoms with Crippen molar-refractivity contribution in [3.8, 4) is 0 Å². The minimum absolute atomic E-state index is 0.209. The minimum Gasteiger partial charge on any atom is -0.394 e. The highest BCUT2D eigenvalue weighted by atomic mass is 16.7. The van der Waals surface area contributed by atoms with Crippen molar-refractivity contribution in [1.82, 2.24) is 5.32 Å². The predicted molar refractivity (Wildman–Crippen MR) is 244 cm³/mol. The first kappa shape index (κ1) is 54.1. The maximum Gasteiger partial charge on any atom is 0.220 e. The number of carbonyl (C=O) groups excluding carboxylic acids is 1. The van der Waals surface area contributed by atoms with Crippen LogP contribution in [0.5, 0.6) is 0 Å². The Hall–Kier alpha value is -2.89. The van der Waals surface area contributed by atoms with E-state index in [-0.39, 0.29) is 12.5 Å². The monoisotopic (exact) mass is 826 g/mol. The minimum atomic E-state index is -1.58. The van der Waals surface area contributed by atoms with E-state index in [1.807, 2.05) is 6.08 Å². The van der Waals surface area contributed by atoms with Crippen LogP contribution in [0.15, 0.2) is 97.2 Å². The van der Waals surface area contributed by atoms with E-state index >= 15 is 0 Å². The molecule has 0 aliphatic carbocycles. The molecule has 9 heteroatoms. The second kappa shape index (κ2) is 39.3. The number of rotatable bonds is 36. The number of hydrogen-bond acceptors (Lipinski definition) is 8. The van der Waals surface area contributed by atoms with Gasteiger partial charge in [0.25, 0.3) is 0 Å². The SMILES string of the molecule is CC/C=C\C/C=C\C/C=C\C/C=C\C/C=C\C/C=C\C/C=C\CCCCCC(=O)NC(COC1OC(CO)C(O)C(O)C1O)C(O)/C=C/CCCCCCCCCCC. The second-order valence-corrected chi connectivity index (χ2v) is 15.5. The number of ether oxygens (including phenoxy) is 2. The summed E-state index contributed by atoms with van der Waals surface area (Å²) in [4.78, 5) is 12.9. The molecule has 6 N–H and O–H groups in total. The Morgan fingerprint density at radius 2 is 1.05 bits per heavy atom. The van der Waals surface area contributed by atoms with Crippen molar-refractivity contribution >= 4 is 5.91 Å². The Kier molecular flexibility index (Phi) is 36.0. The zero-order valence-electron chi connectivity index (χ0n) is 36.7. The molecule has 9 nitrogen and oxygen atoms in total. The van der Waals surface area contributed by atoms with E-state index in [1.54, 1.807) is 6.08 Å². The lowest BCUT2D eigenvalue weighted by Crippen LogP contribution is -2.60. The average Bonchev–Trinajstić information content (AvgIpc) is 3.23. The van der Waals surface area contributed by atoms with E-state index in [2.05, 4.69) is 104 Å². The smallest absolute Gasteiger partial charge is 0.220 e. The van der Waals surface area contributed by atoms with E-state index < -0.39 is 49.5 Å². The summed E-state index contributed by atoms with van der Waals surface area (Å²) in [5.41, 5.74) is 0. The third-order valence-corrected chi connectivity index (χ3v) is 10.2. The highest BCUT2D eigenvalue weighted by Gasteiger charge is 2.44. The number of amides is 1. The molecule has 0 aromatic rings. The van der Waals surface area contributed by atoms with E-state index in [9.17, 15) is 30.3 Å². The molecule has 0 aromatic carbocycles. The molecule has 1 heterocycles. The van der Waals surface area contributed by atoms with Gasteiger partial charge < -0.3 is 40.3 Å². The lowest BCUT2D eigenvalue weighted by Gasteiger charge is -2.40. The molecule has 0 radical (unpaired) electrons. The zero-order valence-corrected chi connectivity index (χ0v) is 36.7. The molecular formula is C50H83NO8. The van der Waals surface area contributed by atoms with Gasteiger partial charge >= 0.3 is 0 Å². The standard InChI is InChI=1S/C50H83NO8/c1-3-5-7-9-11-13-15-16-17-18-19-20-21-22-23-24-25-26-27-28-30-32-34-36-38-40-46(54)51-43(42-58-50-49(57)48(56)47(55)45(41-52)59-50)44(53)39-37-35-33-31-29-14-12-10-8-6-4-2/h5,7,11,13,16-17,19-20,22-23,25-26,28,30,37,39,43-45,47-50,52-53,55-57H,3-4,6,8-10,12,14-15,18,21,24,27,29,31-36,38,40-42H2,1-2H3,(H,51,54)/b7-5-,13-11-,17-16-,20-19-,23-22-,26-25-,30-28-,39-37+. The van der Waals surface area contributed by atoms with Gasteiger partial charge in [-0.15, -0.1) is 0 Å². The maximum atomic E-state index is 12.9. The third kappa shape index (κ3) is 29.9. The van der Waals surface area contributed by atoms with Crippen LogP contribution in [0.4, 0.5) is 0 Å². The molecule has 1 aliphatic rings. The number of nitrogens with one attached hydrogen (secondary N) is 1. The molecule has 0 spiro atoms. The van der Waals surface area contributed by atoms with E-state index in [0.717, 1.165) is 83.5 Å². The Morgan fingerprint density at radius 1 is 0.593 bits per heavy atom. The van der Waals surface area contributed by atoms with Gasteiger partial charge in [-0.3, -0.25) is 4.79 Å². The predicted octanol–water partition coefficient (Wildman–Crippen LogP) is 9.72. The molecular weight excluding hydrogens is 743 g/mol. The number of carbonyl (C=O) groups is 1. The molecule has 0 bridgehead atoms. The van der Waals surface area contributed by atoms with Crippen LogP contribution in [-0.4, -0.2) is 87.5 Å². The Bertz CT molecular complexity index is 1240. The lowest BCUT2D eigenvalue weighted by atomic mass is 9.99. The second-order valence-electron chi connectivity index (χ2n) is 15.5. The lowest BCUT2D eigenvalue weighted by molar-refractivity contribution is -0.302. The van der Waals surface area contributed by atoms with E-state index in [1.165, 1.54) is 44.9 Å². The molecule has 59 heavy (non-hydrogen) atoms. The zero-order chi connectivity index (χ0) is 43.0. The van der Waals surface area contributed by atoms with Crippen molar-refractivity contribution in [3.05, 3.63) is 97.2 Å². The molecule has 0 aromatic heterocycles. The Labute approximate surface area is 358 Å². The number of aliphatic hydroxyl groups is 5. The molecule has 336 valence electrons. The summed E-state index contributed by atoms with van der Waals surface area (Å²) >= 11 is 0. The first-order chi connectivity index (χ1) is 28.8. The van der Waals surface area contributed by atoms with E-state index in [0.29, 0.717) is 12.8 Å². The van der Waals surface area contributed by atoms with Crippen LogP contribution in [0.3, 0.4) is 0 Å². The quantitative estimate of drug-likeness (QED) is 0.0270. The van der Waals surface area contributed by atoms with Gasteiger partial charge in [-0.05, 0) is 77.0 Å². The highest BCUT2D eigenvalue weighted by molar-refractivity contribution is 5.76. The number of unbranched alkanes of at least 4 members (excludes halogenated alkanes) is 12. The molecule has 1 aliphatic heterocycles. The van der Waals surface area contributed by atoms with Crippen LogP contribution in [0.1, 0.15) is 155 Å². The van der Waals surface area contributed by atoms with Crippen LogP contribution in [0.25, 0.3) is 0 Å². The number of aliphatic hydroxyl groups excluding tert-OH is 5. The van der Waals surface area contributed by atoms with Crippen molar-refractivity contribution in [2.24, 2.45) is 0 Å². The molecule has 7 atom stereocenters. The first-order valence-electron chi connectivity index (χ1n) is 23.0. The number of allylic oxidation sites excluding steroid dienone is 15. The molecule has 1 amide bonds. The van der Waals surface area contributed by atoms with Crippen molar-refractivity contribution < 1.29 is 39.8 Å². The summed E-state index contributed by atoms with van der Waals surface area (Å²) in [5.74, 6) is -0.216. The molecule has 7 unspecified atom stereocenters. The van der Waals surface area contributed by atoms with Crippen LogP contribution < -0.4 is 5.32 Å². The molecule has 1 saturated heterocycles. The van der Waals surface area contributed by atoms with Gasteiger partial charge in [-0.1, -0.05) is 169 Å². The van der Waals surface area contributed by atoms with Crippen LogP contribution in [-0.2, 0) is 14.3 Å². The largest absolute Gasteiger partial charge is 0.394 e. The van der Waals surface area contributed by atoms with Crippen molar-refractivity contribution in [3.63, 3.8) is 0 Å². The van der Waals surface area contributed by atoms with Gasteiger partial charge in [-0.2, -0.15) is 0 Å². The van der Waals surface area contributed by atoms with Gasteiger partial charge in [0.2, 0.25) is 5.91 Å². The van der Waals surface area contributed by atoms with Gasteiger partial charge in [0.05, 0.1) is 25.4 Å². The Balaban J connectivity index is 2.35. The van der Waals surface area contributed by atoms with Crippen LogP contribution in [0.2, 0.25) is 0 Å². The molecule has 1 rings (SSSR count). The fourth-order valence-corrected chi connectivity index (χ4v) is 6.49. The fraction of sp³-hybridized carbons (Fsp3) is 0.660. The van der Waals surface area contributed by atoms with Crippen LogP contribution >= 0.6 is 0 Å². The average molecular weight is 826 g/mol. The van der Waals surface area contributed by atoms with Crippen molar-refractivity contribution in [1.29, 1.82) is 0 Å². The fourth-order valence-electron chi connectivity index (χ4n) is 6.49. The Morgan fingerprint density at radius 3 is 1.56 bits per heavy atom. The normalized spacial score (nSPS) is 21.6. The topological polar surface area (TPSA) is 149 Å². The van der Waals surface area contributed by atoms with Gasteiger partial charge in [-0.25, -0.2) is 0 Å². The van der Waals surface area contributed by atoms with Gasteiger partial charge in [0.15, 0.2) is 6.29 Å². The van der Waals surface area contributed by atoms with Crippen LogP contribution in [0, 0.1) is 0 Å². The van der Waals surface area contributed by atoms with Crippen molar-refractivity contribution in [2.75, 3.05) is 13.2 Å². The third-order valence-electron chi connectivity index (χ3n) is 10.2. The van der Waals surface area contributed by atoms with Gasteiger partial charge in [0, 0.05) is 6.42 Å². The summed E-state index contributed by atoms with van der Waals surface area (Å²) < 4.78 is 11.2. The van der Waals surface area contributed by atoms with Crippen molar-refractivity contribution in [2.45, 2.75) is 198 Å². The summed E-state index contributed by atoms with van der Waals surface area (Å²) in [6, 6.07) is -0.828. The van der Waals surface area contributed by atoms with Gasteiger partial charge in [0.1, 0.15) is 24.4 Å². The molecule has 0 saturated carbocycles. The first-order valence-corrected chi connectivity index (χ1v) is 23.0. The molecule has 1 fully saturated rings. The summed E-state index contributed by atoms with van der Waals surface area (Å²) in [5, 5.41) is 54.1. The summed E-state index contributed by atoms with van der Waals surface area (Å²) in [6.45, 7) is 3.59. The highest BCUT2D eigenvalue weighted by Crippen LogP contribution is 2.22. The summed E-state index contributed by atoms with van der Waals surface area (Å²) in [7, 11) is 0. The summed E-state index contributed by atoms with van der Waals surface area (Å²) in [6.07, 6.45) is 48.8. The number of hydrogen-bond donors (Lipinski definition) is 6. The van der Waals surface area contributed by atoms with E-state index in [4.69, 9.17) is 9.47 Å². The maximum absolute atomic E-state index is 12.9.